The molecule has 10 heteroatoms. The van der Waals surface area contributed by atoms with Crippen molar-refractivity contribution in [3.63, 3.8) is 0 Å². The normalized spacial score (nSPS) is 23.3. The summed E-state index contributed by atoms with van der Waals surface area (Å²) in [6.45, 7) is 4.59. The number of hydrogen-bond donors (Lipinski definition) is 2. The first-order valence-corrected chi connectivity index (χ1v) is 8.44. The Morgan fingerprint density at radius 1 is 1.21 bits per heavy atom. The maximum atomic E-state index is 11.4. The molecule has 0 aliphatic carbocycles. The van der Waals surface area contributed by atoms with Gasteiger partial charge in [-0.05, 0) is 25.2 Å². The van der Waals surface area contributed by atoms with E-state index in [4.69, 9.17) is 18.9 Å². The molecule has 0 aromatic rings. The smallest absolute Gasteiger partial charge is 0.331 e. The van der Waals surface area contributed by atoms with Crippen molar-refractivity contribution in [3.05, 3.63) is 24.3 Å². The van der Waals surface area contributed by atoms with Crippen LogP contribution in [0, 0.1) is 0 Å². The van der Waals surface area contributed by atoms with E-state index in [-0.39, 0.29) is 0 Å². The lowest BCUT2D eigenvalue weighted by atomic mass is 10.0. The van der Waals surface area contributed by atoms with E-state index >= 15 is 0 Å². The maximum Gasteiger partial charge on any atom is 0.331 e. The number of esters is 4. The number of aliphatic hydroxyl groups is 2. The fraction of sp³-hybridized carbons (Fsp3) is 0.556. The SMILES string of the molecule is CC(=O)O[C@H](/C=C/[C@@H]1OC(=O)C=C[C@@H]1O)C[C@@](O)(OC(C)=O)[C@H](C)OC(C)=O. The molecule has 156 valence electrons. The van der Waals surface area contributed by atoms with Crippen molar-refractivity contribution < 1.29 is 48.3 Å². The Kier molecular flexibility index (Phi) is 8.33. The number of carbonyl (C=O) groups excluding carboxylic acids is 4. The molecule has 28 heavy (non-hydrogen) atoms. The maximum absolute atomic E-state index is 11.4. The van der Waals surface area contributed by atoms with Gasteiger partial charge in [0, 0.05) is 26.8 Å². The van der Waals surface area contributed by atoms with Gasteiger partial charge in [-0.3, -0.25) is 14.4 Å². The molecule has 0 saturated heterocycles. The quantitative estimate of drug-likeness (QED) is 0.245. The minimum absolute atomic E-state index is 0.482. The Morgan fingerprint density at radius 3 is 2.36 bits per heavy atom. The van der Waals surface area contributed by atoms with E-state index in [1.54, 1.807) is 0 Å². The van der Waals surface area contributed by atoms with Crippen molar-refractivity contribution in [2.45, 2.75) is 64.3 Å². The Hall–Kier alpha value is -2.72. The van der Waals surface area contributed by atoms with Crippen LogP contribution in [0.3, 0.4) is 0 Å². The molecule has 5 atom stereocenters. The number of rotatable bonds is 8. The topological polar surface area (TPSA) is 146 Å². The Morgan fingerprint density at radius 2 is 1.82 bits per heavy atom. The van der Waals surface area contributed by atoms with Crippen molar-refractivity contribution in [2.24, 2.45) is 0 Å². The molecule has 1 rings (SSSR count). The van der Waals surface area contributed by atoms with Crippen LogP contribution in [-0.4, -0.2) is 64.3 Å². The largest absolute Gasteiger partial charge is 0.458 e. The van der Waals surface area contributed by atoms with Gasteiger partial charge in [0.25, 0.3) is 5.79 Å². The molecular formula is C18H24O10. The fourth-order valence-corrected chi connectivity index (χ4v) is 2.45. The molecule has 0 aromatic carbocycles. The average molecular weight is 400 g/mol. The fourth-order valence-electron chi connectivity index (χ4n) is 2.45. The van der Waals surface area contributed by atoms with Crippen molar-refractivity contribution in [1.29, 1.82) is 0 Å². The third-order valence-corrected chi connectivity index (χ3v) is 3.64. The highest BCUT2D eigenvalue weighted by Crippen LogP contribution is 2.25. The van der Waals surface area contributed by atoms with Crippen LogP contribution < -0.4 is 0 Å². The molecule has 0 aromatic heterocycles. The lowest BCUT2D eigenvalue weighted by Gasteiger charge is -2.34. The van der Waals surface area contributed by atoms with Crippen LogP contribution in [0.15, 0.2) is 24.3 Å². The summed E-state index contributed by atoms with van der Waals surface area (Å²) in [6.07, 6.45) is -0.232. The third kappa shape index (κ3) is 7.49. The predicted octanol–water partition coefficient (Wildman–Crippen LogP) is -0.0898. The summed E-state index contributed by atoms with van der Waals surface area (Å²) in [5, 5.41) is 20.5. The van der Waals surface area contributed by atoms with Crippen LogP contribution in [0.1, 0.15) is 34.1 Å². The molecule has 1 aliphatic heterocycles. The Bertz CT molecular complexity index is 667. The first kappa shape index (κ1) is 23.3. The Balaban J connectivity index is 3.05. The standard InChI is InChI=1S/C18H24O10/c1-10(25-11(2)19)18(24,28-13(4)21)9-14(26-12(3)20)5-7-16-15(22)6-8-17(23)27-16/h5-8,10,14-16,22,24H,9H2,1-4H3/b7-5+/t10-,14+,15-,16-,18+/m0/s1. The van der Waals surface area contributed by atoms with Gasteiger partial charge in [-0.15, -0.1) is 0 Å². The third-order valence-electron chi connectivity index (χ3n) is 3.64. The second-order valence-corrected chi connectivity index (χ2v) is 6.18. The molecule has 0 spiro atoms. The zero-order valence-electron chi connectivity index (χ0n) is 16.0. The van der Waals surface area contributed by atoms with Crippen LogP contribution in [0.5, 0.6) is 0 Å². The second-order valence-electron chi connectivity index (χ2n) is 6.18. The summed E-state index contributed by atoms with van der Waals surface area (Å²) in [7, 11) is 0. The van der Waals surface area contributed by atoms with Gasteiger partial charge in [-0.2, -0.15) is 0 Å². The van der Waals surface area contributed by atoms with E-state index < -0.39 is 60.5 Å². The molecule has 0 saturated carbocycles. The molecule has 1 heterocycles. The van der Waals surface area contributed by atoms with E-state index in [0.717, 1.165) is 26.8 Å². The van der Waals surface area contributed by atoms with Crippen LogP contribution >= 0.6 is 0 Å². The lowest BCUT2D eigenvalue weighted by molar-refractivity contribution is -0.257. The lowest BCUT2D eigenvalue weighted by Crippen LogP contribution is -2.49. The summed E-state index contributed by atoms with van der Waals surface area (Å²) in [4.78, 5) is 45.3. The van der Waals surface area contributed by atoms with Crippen molar-refractivity contribution in [3.8, 4) is 0 Å². The molecule has 10 nitrogen and oxygen atoms in total. The van der Waals surface area contributed by atoms with Crippen molar-refractivity contribution >= 4 is 23.9 Å². The summed E-state index contributed by atoms with van der Waals surface area (Å²) in [6, 6.07) is 0. The van der Waals surface area contributed by atoms with Crippen LogP contribution in [-0.2, 0) is 38.1 Å². The summed E-state index contributed by atoms with van der Waals surface area (Å²) in [5.41, 5.74) is 0. The molecule has 0 unspecified atom stereocenters. The summed E-state index contributed by atoms with van der Waals surface area (Å²) >= 11 is 0. The van der Waals surface area contributed by atoms with E-state index in [2.05, 4.69) is 0 Å². The number of hydrogen-bond acceptors (Lipinski definition) is 10. The number of ether oxygens (including phenoxy) is 4. The van der Waals surface area contributed by atoms with Gasteiger partial charge < -0.3 is 29.2 Å². The number of carbonyl (C=O) groups is 4. The van der Waals surface area contributed by atoms with Crippen LogP contribution in [0.2, 0.25) is 0 Å². The highest BCUT2D eigenvalue weighted by Gasteiger charge is 2.42. The zero-order valence-corrected chi connectivity index (χ0v) is 16.0. The number of cyclic esters (lactones) is 1. The van der Waals surface area contributed by atoms with Gasteiger partial charge in [-0.25, -0.2) is 4.79 Å². The van der Waals surface area contributed by atoms with Gasteiger partial charge in [0.05, 0.1) is 6.42 Å². The molecule has 0 bridgehead atoms. The van der Waals surface area contributed by atoms with Crippen LogP contribution in [0.4, 0.5) is 0 Å². The molecule has 1 aliphatic rings. The molecule has 0 radical (unpaired) electrons. The second kappa shape index (κ2) is 10.00. The monoisotopic (exact) mass is 400 g/mol. The summed E-state index contributed by atoms with van der Waals surface area (Å²) < 4.78 is 19.8. The van der Waals surface area contributed by atoms with Crippen molar-refractivity contribution in [1.82, 2.24) is 0 Å². The van der Waals surface area contributed by atoms with Gasteiger partial charge in [-0.1, -0.05) is 0 Å². The van der Waals surface area contributed by atoms with E-state index in [0.29, 0.717) is 0 Å². The van der Waals surface area contributed by atoms with Gasteiger partial charge >= 0.3 is 23.9 Å². The van der Waals surface area contributed by atoms with E-state index in [1.165, 1.54) is 25.2 Å². The zero-order chi connectivity index (χ0) is 21.5. The average Bonchev–Trinajstić information content (AvgIpc) is 2.53. The number of aliphatic hydroxyl groups excluding tert-OH is 1. The molecule has 0 amide bonds. The highest BCUT2D eigenvalue weighted by atomic mass is 16.7. The molecule has 2 N–H and O–H groups in total. The minimum Gasteiger partial charge on any atom is -0.458 e. The van der Waals surface area contributed by atoms with Crippen molar-refractivity contribution in [2.75, 3.05) is 0 Å². The minimum atomic E-state index is -2.30. The molecule has 0 fully saturated rings. The van der Waals surface area contributed by atoms with Gasteiger partial charge in [0.15, 0.2) is 6.10 Å². The first-order valence-electron chi connectivity index (χ1n) is 8.44. The Labute approximate surface area is 161 Å². The predicted molar refractivity (Wildman–Crippen MR) is 92.3 cm³/mol. The van der Waals surface area contributed by atoms with E-state index in [9.17, 15) is 29.4 Å². The van der Waals surface area contributed by atoms with Gasteiger partial charge in [0.2, 0.25) is 0 Å². The summed E-state index contributed by atoms with van der Waals surface area (Å²) in [5.74, 6) is -5.25. The van der Waals surface area contributed by atoms with Gasteiger partial charge in [0.1, 0.15) is 18.3 Å². The van der Waals surface area contributed by atoms with E-state index in [1.807, 2.05) is 0 Å². The first-order chi connectivity index (χ1) is 12.9. The molecular weight excluding hydrogens is 376 g/mol. The van der Waals surface area contributed by atoms with Crippen LogP contribution in [0.25, 0.3) is 0 Å². The highest BCUT2D eigenvalue weighted by molar-refractivity contribution is 5.83.